The zero-order valence-corrected chi connectivity index (χ0v) is 13.4. The Morgan fingerprint density at radius 1 is 1.30 bits per heavy atom. The number of hydrogen-bond donors (Lipinski definition) is 1. The Morgan fingerprint density at radius 2 is 2.15 bits per heavy atom. The molecule has 1 N–H and O–H groups in total. The Labute approximate surface area is 124 Å². The van der Waals surface area contributed by atoms with Crippen molar-refractivity contribution in [3.05, 3.63) is 29.6 Å². The van der Waals surface area contributed by atoms with Crippen molar-refractivity contribution in [2.24, 2.45) is 11.8 Å². The van der Waals surface area contributed by atoms with Gasteiger partial charge in [-0.2, -0.15) is 0 Å². The van der Waals surface area contributed by atoms with Gasteiger partial charge in [-0.15, -0.1) is 0 Å². The molecule has 2 rings (SSSR count). The molecule has 0 spiro atoms. The van der Waals surface area contributed by atoms with E-state index in [4.69, 9.17) is 0 Å². The van der Waals surface area contributed by atoms with Crippen molar-refractivity contribution in [1.29, 1.82) is 0 Å². The third kappa shape index (κ3) is 4.05. The third-order valence-electron chi connectivity index (χ3n) is 5.06. The zero-order chi connectivity index (χ0) is 14.4. The number of rotatable bonds is 6. The molecule has 1 fully saturated rings. The first kappa shape index (κ1) is 15.5. The van der Waals surface area contributed by atoms with E-state index in [0.717, 1.165) is 24.7 Å². The summed E-state index contributed by atoms with van der Waals surface area (Å²) in [5.41, 5.74) is 2.57. The van der Waals surface area contributed by atoms with Crippen molar-refractivity contribution in [2.45, 2.75) is 64.8 Å². The van der Waals surface area contributed by atoms with E-state index in [1.54, 1.807) is 0 Å². The fourth-order valence-corrected chi connectivity index (χ4v) is 3.58. The number of aryl methyl sites for hydroxylation is 1. The molecule has 0 saturated heterocycles. The molecule has 1 aromatic rings. The van der Waals surface area contributed by atoms with E-state index < -0.39 is 0 Å². The van der Waals surface area contributed by atoms with E-state index in [1.165, 1.54) is 43.4 Å². The van der Waals surface area contributed by atoms with Crippen LogP contribution in [0.2, 0.25) is 0 Å². The summed E-state index contributed by atoms with van der Waals surface area (Å²) in [5, 5.41) is 3.55. The summed E-state index contributed by atoms with van der Waals surface area (Å²) in [6.07, 6.45) is 11.2. The molecule has 1 heterocycles. The summed E-state index contributed by atoms with van der Waals surface area (Å²) in [6.45, 7) is 4.52. The molecule has 0 radical (unpaired) electrons. The molecule has 0 aliphatic heterocycles. The van der Waals surface area contributed by atoms with Crippen molar-refractivity contribution < 1.29 is 0 Å². The summed E-state index contributed by atoms with van der Waals surface area (Å²) in [5.74, 6) is 1.77. The van der Waals surface area contributed by atoms with Crippen LogP contribution in [-0.4, -0.2) is 18.1 Å². The molecular weight excluding hydrogens is 244 g/mol. The predicted octanol–water partition coefficient (Wildman–Crippen LogP) is 3.99. The van der Waals surface area contributed by atoms with Gasteiger partial charge in [-0.05, 0) is 49.8 Å². The molecule has 0 bridgehead atoms. The monoisotopic (exact) mass is 274 g/mol. The van der Waals surface area contributed by atoms with Gasteiger partial charge in [0.15, 0.2) is 0 Å². The van der Waals surface area contributed by atoms with Crippen LogP contribution in [0, 0.1) is 11.8 Å². The topological polar surface area (TPSA) is 24.9 Å². The first-order valence-corrected chi connectivity index (χ1v) is 8.37. The van der Waals surface area contributed by atoms with Crippen LogP contribution in [0.1, 0.15) is 57.2 Å². The van der Waals surface area contributed by atoms with Gasteiger partial charge in [-0.25, -0.2) is 0 Å². The zero-order valence-electron chi connectivity index (χ0n) is 13.4. The molecule has 112 valence electrons. The standard InChI is InChI=1S/C18H30N2/c1-4-14-7-6-8-16(11-14)18(19-3)12-17-10-9-15(5-2)13-20-17/h9-10,13-14,16,18-19H,4-8,11-12H2,1-3H3. The number of aromatic nitrogens is 1. The molecule has 1 aliphatic rings. The minimum atomic E-state index is 0.587. The molecule has 2 nitrogen and oxygen atoms in total. The number of nitrogens with zero attached hydrogens (tertiary/aromatic N) is 1. The van der Waals surface area contributed by atoms with Gasteiger partial charge in [0.1, 0.15) is 0 Å². The van der Waals surface area contributed by atoms with Gasteiger partial charge in [0.25, 0.3) is 0 Å². The van der Waals surface area contributed by atoms with Crippen LogP contribution >= 0.6 is 0 Å². The lowest BCUT2D eigenvalue weighted by Crippen LogP contribution is -2.38. The van der Waals surface area contributed by atoms with Gasteiger partial charge in [0.05, 0.1) is 0 Å². The largest absolute Gasteiger partial charge is 0.316 e. The molecule has 3 atom stereocenters. The highest BCUT2D eigenvalue weighted by Crippen LogP contribution is 2.33. The van der Waals surface area contributed by atoms with Crippen LogP contribution < -0.4 is 5.32 Å². The van der Waals surface area contributed by atoms with Crippen LogP contribution in [0.25, 0.3) is 0 Å². The van der Waals surface area contributed by atoms with Gasteiger partial charge in [-0.3, -0.25) is 4.98 Å². The quantitative estimate of drug-likeness (QED) is 0.848. The van der Waals surface area contributed by atoms with Crippen LogP contribution in [-0.2, 0) is 12.8 Å². The Morgan fingerprint density at radius 3 is 2.75 bits per heavy atom. The lowest BCUT2D eigenvalue weighted by atomic mass is 9.76. The lowest BCUT2D eigenvalue weighted by Gasteiger charge is -2.34. The van der Waals surface area contributed by atoms with Gasteiger partial charge < -0.3 is 5.32 Å². The summed E-state index contributed by atoms with van der Waals surface area (Å²) in [4.78, 5) is 4.63. The van der Waals surface area contributed by atoms with E-state index in [9.17, 15) is 0 Å². The molecule has 1 aliphatic carbocycles. The van der Waals surface area contributed by atoms with Crippen molar-refractivity contribution in [1.82, 2.24) is 10.3 Å². The van der Waals surface area contributed by atoms with Crippen LogP contribution in [0.15, 0.2) is 18.3 Å². The van der Waals surface area contributed by atoms with E-state index in [-0.39, 0.29) is 0 Å². The first-order valence-electron chi connectivity index (χ1n) is 8.37. The fourth-order valence-electron chi connectivity index (χ4n) is 3.58. The number of hydrogen-bond acceptors (Lipinski definition) is 2. The molecule has 0 aromatic carbocycles. The van der Waals surface area contributed by atoms with Crippen molar-refractivity contribution in [2.75, 3.05) is 7.05 Å². The molecule has 0 amide bonds. The summed E-state index contributed by atoms with van der Waals surface area (Å²) in [6, 6.07) is 5.03. The molecule has 20 heavy (non-hydrogen) atoms. The summed E-state index contributed by atoms with van der Waals surface area (Å²) < 4.78 is 0. The molecule has 3 unspecified atom stereocenters. The Kier molecular flexibility index (Phi) is 6.03. The maximum atomic E-state index is 4.63. The average Bonchev–Trinajstić information content (AvgIpc) is 2.53. The van der Waals surface area contributed by atoms with Gasteiger partial charge in [0, 0.05) is 24.4 Å². The van der Waals surface area contributed by atoms with E-state index in [1.807, 2.05) is 6.20 Å². The second-order valence-electron chi connectivity index (χ2n) is 6.31. The number of likely N-dealkylation sites (N-methyl/N-ethyl adjacent to an activating group) is 1. The molecule has 1 saturated carbocycles. The normalized spacial score (nSPS) is 24.6. The van der Waals surface area contributed by atoms with E-state index in [2.05, 4.69) is 43.3 Å². The highest BCUT2D eigenvalue weighted by Gasteiger charge is 2.27. The van der Waals surface area contributed by atoms with Gasteiger partial charge in [0.2, 0.25) is 0 Å². The van der Waals surface area contributed by atoms with E-state index in [0.29, 0.717) is 6.04 Å². The maximum Gasteiger partial charge on any atom is 0.0419 e. The van der Waals surface area contributed by atoms with Crippen LogP contribution in [0.3, 0.4) is 0 Å². The Balaban J connectivity index is 1.96. The van der Waals surface area contributed by atoms with Crippen molar-refractivity contribution in [3.63, 3.8) is 0 Å². The smallest absolute Gasteiger partial charge is 0.0419 e. The SMILES string of the molecule is CCc1ccc(CC(NC)C2CCCC(CC)C2)nc1. The minimum Gasteiger partial charge on any atom is -0.316 e. The Bertz CT molecular complexity index is 385. The number of pyridine rings is 1. The molecular formula is C18H30N2. The van der Waals surface area contributed by atoms with Gasteiger partial charge >= 0.3 is 0 Å². The molecule has 2 heteroatoms. The minimum absolute atomic E-state index is 0.587. The molecule has 1 aromatic heterocycles. The lowest BCUT2D eigenvalue weighted by molar-refractivity contribution is 0.212. The van der Waals surface area contributed by atoms with Crippen molar-refractivity contribution >= 4 is 0 Å². The van der Waals surface area contributed by atoms with Crippen LogP contribution in [0.5, 0.6) is 0 Å². The highest BCUT2D eigenvalue weighted by molar-refractivity contribution is 5.15. The van der Waals surface area contributed by atoms with Crippen LogP contribution in [0.4, 0.5) is 0 Å². The van der Waals surface area contributed by atoms with Crippen molar-refractivity contribution in [3.8, 4) is 0 Å². The maximum absolute atomic E-state index is 4.63. The fraction of sp³-hybridized carbons (Fsp3) is 0.722. The van der Waals surface area contributed by atoms with E-state index >= 15 is 0 Å². The third-order valence-corrected chi connectivity index (χ3v) is 5.06. The second kappa shape index (κ2) is 7.78. The predicted molar refractivity (Wildman–Crippen MR) is 85.9 cm³/mol. The first-order chi connectivity index (χ1) is 9.76. The summed E-state index contributed by atoms with van der Waals surface area (Å²) in [7, 11) is 2.11. The Hall–Kier alpha value is -0.890. The highest BCUT2D eigenvalue weighted by atomic mass is 14.9. The summed E-state index contributed by atoms with van der Waals surface area (Å²) >= 11 is 0. The number of nitrogens with one attached hydrogen (secondary N) is 1. The van der Waals surface area contributed by atoms with Gasteiger partial charge in [-0.1, -0.05) is 39.2 Å². The average molecular weight is 274 g/mol. The second-order valence-corrected chi connectivity index (χ2v) is 6.31.